The van der Waals surface area contributed by atoms with Crippen molar-refractivity contribution < 1.29 is 19.1 Å². The lowest BCUT2D eigenvalue weighted by Crippen LogP contribution is -2.26. The van der Waals surface area contributed by atoms with Crippen molar-refractivity contribution in [3.05, 3.63) is 89.5 Å². The van der Waals surface area contributed by atoms with Gasteiger partial charge in [-0.2, -0.15) is 0 Å². The molecule has 0 unspecified atom stereocenters. The Hall–Kier alpha value is -4.37. The quantitative estimate of drug-likeness (QED) is 0.213. The van der Waals surface area contributed by atoms with E-state index in [1.54, 1.807) is 0 Å². The van der Waals surface area contributed by atoms with Crippen molar-refractivity contribution in [3.63, 3.8) is 0 Å². The highest BCUT2D eigenvalue weighted by atomic mass is 32.1. The molecule has 3 aromatic carbocycles. The molecule has 3 N–H and O–H groups in total. The molecule has 1 aromatic heterocycles. The van der Waals surface area contributed by atoms with Crippen LogP contribution in [0.15, 0.2) is 72.8 Å². The van der Waals surface area contributed by atoms with Gasteiger partial charge in [0.2, 0.25) is 5.06 Å². The number of amides is 2. The van der Waals surface area contributed by atoms with Gasteiger partial charge in [0.25, 0.3) is 5.91 Å². The molecule has 39 heavy (non-hydrogen) atoms. The highest BCUT2D eigenvalue weighted by Gasteiger charge is 2.24. The monoisotopic (exact) mass is 542 g/mol. The molecule has 0 atom stereocenters. The number of anilines is 2. The molecule has 5 rings (SSSR count). The first kappa shape index (κ1) is 26.2. The van der Waals surface area contributed by atoms with E-state index < -0.39 is 6.09 Å². The fourth-order valence-electron chi connectivity index (χ4n) is 3.91. The highest BCUT2D eigenvalue weighted by Crippen LogP contribution is 2.40. The Kier molecular flexibility index (Phi) is 8.07. The molecular formula is C30H30N4O4S. The number of nitrogens with one attached hydrogen (secondary N) is 3. The van der Waals surface area contributed by atoms with Gasteiger partial charge < -0.3 is 25.4 Å². The van der Waals surface area contributed by atoms with E-state index in [0.717, 1.165) is 35.2 Å². The number of ether oxygens (including phenoxy) is 2. The smallest absolute Gasteiger partial charge is 0.413 e. The molecule has 1 saturated carbocycles. The third kappa shape index (κ3) is 6.94. The molecule has 8 nitrogen and oxygen atoms in total. The van der Waals surface area contributed by atoms with Crippen LogP contribution in [0.4, 0.5) is 15.6 Å². The van der Waals surface area contributed by atoms with Gasteiger partial charge in [-0.1, -0.05) is 59.9 Å². The molecule has 0 radical (unpaired) electrons. The second-order valence-corrected chi connectivity index (χ2v) is 10.2. The third-order valence-corrected chi connectivity index (χ3v) is 6.98. The Morgan fingerprint density at radius 3 is 2.62 bits per heavy atom. The van der Waals surface area contributed by atoms with Crippen LogP contribution in [-0.2, 0) is 6.54 Å². The third-order valence-electron chi connectivity index (χ3n) is 6.13. The molecule has 200 valence electrons. The van der Waals surface area contributed by atoms with E-state index in [1.165, 1.54) is 11.3 Å². The molecule has 2 amide bonds. The van der Waals surface area contributed by atoms with Crippen LogP contribution >= 0.6 is 11.3 Å². The molecule has 4 aromatic rings. The van der Waals surface area contributed by atoms with E-state index in [0.29, 0.717) is 40.4 Å². The molecule has 1 aliphatic rings. The summed E-state index contributed by atoms with van der Waals surface area (Å²) in [5.41, 5.74) is 4.52. The summed E-state index contributed by atoms with van der Waals surface area (Å²) in [5.74, 6) is 0.606. The minimum atomic E-state index is -0.578. The number of carbonyl (C=O) groups excluding carboxylic acids is 2. The molecule has 1 fully saturated rings. The van der Waals surface area contributed by atoms with Crippen LogP contribution in [0.5, 0.6) is 10.8 Å². The fourth-order valence-corrected chi connectivity index (χ4v) is 4.76. The first-order valence-electron chi connectivity index (χ1n) is 12.9. The molecule has 0 aliphatic heterocycles. The number of nitrogens with zero attached hydrogens (tertiary/aromatic N) is 1. The summed E-state index contributed by atoms with van der Waals surface area (Å²) in [7, 11) is 0. The molecular weight excluding hydrogens is 512 g/mol. The average molecular weight is 543 g/mol. The molecule has 1 aliphatic carbocycles. The topological polar surface area (TPSA) is 102 Å². The van der Waals surface area contributed by atoms with Crippen molar-refractivity contribution in [2.75, 3.05) is 11.9 Å². The van der Waals surface area contributed by atoms with Crippen LogP contribution < -0.4 is 25.4 Å². The number of aromatic nitrogens is 1. The largest absolute Gasteiger partial charge is 0.494 e. The van der Waals surface area contributed by atoms with Crippen LogP contribution in [0.2, 0.25) is 0 Å². The summed E-state index contributed by atoms with van der Waals surface area (Å²) in [5, 5.41) is 10.0. The average Bonchev–Trinajstić information content (AvgIpc) is 3.67. The van der Waals surface area contributed by atoms with Crippen molar-refractivity contribution in [3.8, 4) is 22.1 Å². The number of carbonyl (C=O) groups is 2. The summed E-state index contributed by atoms with van der Waals surface area (Å²) in [6, 6.07) is 22.9. The van der Waals surface area contributed by atoms with Crippen LogP contribution in [-0.4, -0.2) is 29.6 Å². The van der Waals surface area contributed by atoms with Crippen molar-refractivity contribution in [2.24, 2.45) is 0 Å². The van der Waals surface area contributed by atoms with Gasteiger partial charge in [-0.05, 0) is 62.1 Å². The molecule has 0 bridgehead atoms. The maximum absolute atomic E-state index is 12.7. The van der Waals surface area contributed by atoms with Crippen LogP contribution in [0.25, 0.3) is 11.3 Å². The van der Waals surface area contributed by atoms with E-state index in [-0.39, 0.29) is 11.9 Å². The summed E-state index contributed by atoms with van der Waals surface area (Å²) < 4.78 is 11.4. The lowest BCUT2D eigenvalue weighted by molar-refractivity contribution is 0.0951. The van der Waals surface area contributed by atoms with Gasteiger partial charge in [-0.15, -0.1) is 0 Å². The number of hydrogen-bond acceptors (Lipinski definition) is 7. The zero-order valence-corrected chi connectivity index (χ0v) is 22.6. The minimum Gasteiger partial charge on any atom is -0.494 e. The minimum absolute atomic E-state index is 0.0905. The van der Waals surface area contributed by atoms with Gasteiger partial charge >= 0.3 is 6.09 Å². The zero-order chi connectivity index (χ0) is 27.2. The van der Waals surface area contributed by atoms with Crippen molar-refractivity contribution in [1.82, 2.24) is 15.6 Å². The Labute approximate surface area is 231 Å². The normalized spacial score (nSPS) is 12.5. The van der Waals surface area contributed by atoms with E-state index in [1.807, 2.05) is 86.6 Å². The molecule has 0 saturated heterocycles. The number of aryl methyl sites for hydroxylation is 1. The maximum atomic E-state index is 12.7. The van der Waals surface area contributed by atoms with Crippen molar-refractivity contribution >= 4 is 34.2 Å². The number of benzene rings is 3. The predicted molar refractivity (Wildman–Crippen MR) is 153 cm³/mol. The van der Waals surface area contributed by atoms with E-state index in [4.69, 9.17) is 14.5 Å². The number of rotatable bonds is 10. The molecule has 0 spiro atoms. The Morgan fingerprint density at radius 1 is 1.03 bits per heavy atom. The lowest BCUT2D eigenvalue weighted by atomic mass is 10.1. The van der Waals surface area contributed by atoms with E-state index in [2.05, 4.69) is 16.0 Å². The number of hydrogen-bond donors (Lipinski definition) is 3. The molecule has 9 heteroatoms. The van der Waals surface area contributed by atoms with Gasteiger partial charge in [0.05, 0.1) is 6.61 Å². The highest BCUT2D eigenvalue weighted by molar-refractivity contribution is 7.18. The second-order valence-electron chi connectivity index (χ2n) is 9.25. The summed E-state index contributed by atoms with van der Waals surface area (Å²) >= 11 is 1.22. The maximum Gasteiger partial charge on any atom is 0.413 e. The van der Waals surface area contributed by atoms with E-state index in [9.17, 15) is 9.59 Å². The van der Waals surface area contributed by atoms with Gasteiger partial charge in [0.1, 0.15) is 11.4 Å². The standard InChI is InChI=1S/C30H30N4O4S/c1-3-37-24-11-7-10-21(16-24)26-28(38-30(36)31-18-20-8-5-4-6-9-20)39-29(34-26)33-25-17-22(13-12-19(25)2)27(35)32-23-14-15-23/h4-13,16-17,23H,3,14-15,18H2,1-2H3,(H,31,36)(H,32,35)(H,33,34). The SMILES string of the molecule is CCOc1cccc(-c2nc(Nc3cc(C(=O)NC4CC4)ccc3C)sc2OC(=O)NCc2ccccc2)c1. The fraction of sp³-hybridized carbons (Fsp3) is 0.233. The Morgan fingerprint density at radius 2 is 1.85 bits per heavy atom. The summed E-state index contributed by atoms with van der Waals surface area (Å²) in [6.07, 6.45) is 1.47. The zero-order valence-electron chi connectivity index (χ0n) is 21.8. The van der Waals surface area contributed by atoms with Crippen LogP contribution in [0.3, 0.4) is 0 Å². The molecule has 1 heterocycles. The van der Waals surface area contributed by atoms with Crippen molar-refractivity contribution in [2.45, 2.75) is 39.3 Å². The van der Waals surface area contributed by atoms with Crippen molar-refractivity contribution in [1.29, 1.82) is 0 Å². The predicted octanol–water partition coefficient (Wildman–Crippen LogP) is 6.44. The van der Waals surface area contributed by atoms with Gasteiger partial charge in [-0.3, -0.25) is 4.79 Å². The van der Waals surface area contributed by atoms with Gasteiger partial charge in [0.15, 0.2) is 5.13 Å². The van der Waals surface area contributed by atoms with Gasteiger partial charge in [-0.25, -0.2) is 9.78 Å². The summed E-state index contributed by atoms with van der Waals surface area (Å²) in [4.78, 5) is 30.1. The second kappa shape index (κ2) is 12.0. The Bertz CT molecular complexity index is 1470. The lowest BCUT2D eigenvalue weighted by Gasteiger charge is -2.10. The first-order chi connectivity index (χ1) is 19.0. The number of thiazole rings is 1. The van der Waals surface area contributed by atoms with Gasteiger partial charge in [0, 0.05) is 29.4 Å². The van der Waals surface area contributed by atoms with Crippen LogP contribution in [0.1, 0.15) is 41.3 Å². The van der Waals surface area contributed by atoms with Crippen LogP contribution in [0, 0.1) is 6.92 Å². The Balaban J connectivity index is 1.40. The first-order valence-corrected chi connectivity index (χ1v) is 13.7. The van der Waals surface area contributed by atoms with E-state index >= 15 is 0 Å². The summed E-state index contributed by atoms with van der Waals surface area (Å²) in [6.45, 7) is 4.75.